The molecule has 0 aliphatic carbocycles. The second-order valence-corrected chi connectivity index (χ2v) is 6.92. The molecule has 8 heteroatoms. The maximum absolute atomic E-state index is 12.1. The largest absolute Gasteiger partial charge is 0.478 e. The SMILES string of the molecule is CCCC(=O)OC1C[C@@H](OC(=O)CCC)C(Oc2ccccc2C(=O)O)O[C@H]1C. The molecule has 1 N–H and O–H groups in total. The summed E-state index contributed by atoms with van der Waals surface area (Å²) in [5.41, 5.74) is -0.0288. The molecule has 1 fully saturated rings. The minimum absolute atomic E-state index is 0.0288. The number of hydrogen-bond acceptors (Lipinski definition) is 7. The first-order chi connectivity index (χ1) is 13.8. The molecule has 1 aromatic carbocycles. The van der Waals surface area contributed by atoms with Gasteiger partial charge < -0.3 is 24.1 Å². The van der Waals surface area contributed by atoms with Gasteiger partial charge in [0, 0.05) is 19.3 Å². The number of aromatic carboxylic acids is 1. The molecule has 0 aromatic heterocycles. The third-order valence-electron chi connectivity index (χ3n) is 4.47. The van der Waals surface area contributed by atoms with Crippen molar-refractivity contribution in [1.29, 1.82) is 0 Å². The molecule has 0 bridgehead atoms. The molecule has 0 radical (unpaired) electrons. The van der Waals surface area contributed by atoms with Crippen molar-refractivity contribution in [2.24, 2.45) is 0 Å². The maximum atomic E-state index is 12.1. The van der Waals surface area contributed by atoms with Gasteiger partial charge in [-0.25, -0.2) is 4.79 Å². The van der Waals surface area contributed by atoms with Crippen LogP contribution < -0.4 is 4.74 Å². The lowest BCUT2D eigenvalue weighted by atomic mass is 10.0. The Bertz CT molecular complexity index is 716. The van der Waals surface area contributed by atoms with E-state index in [1.807, 2.05) is 13.8 Å². The van der Waals surface area contributed by atoms with Crippen LogP contribution in [0.1, 0.15) is 63.2 Å². The summed E-state index contributed by atoms with van der Waals surface area (Å²) >= 11 is 0. The minimum atomic E-state index is -1.14. The molecule has 8 nitrogen and oxygen atoms in total. The fraction of sp³-hybridized carbons (Fsp3) is 0.571. The second kappa shape index (κ2) is 10.8. The third-order valence-corrected chi connectivity index (χ3v) is 4.47. The number of para-hydroxylation sites is 1. The fourth-order valence-electron chi connectivity index (χ4n) is 3.00. The van der Waals surface area contributed by atoms with Gasteiger partial charge in [-0.2, -0.15) is 0 Å². The second-order valence-electron chi connectivity index (χ2n) is 6.92. The average Bonchev–Trinajstić information content (AvgIpc) is 2.66. The first-order valence-electron chi connectivity index (χ1n) is 9.89. The van der Waals surface area contributed by atoms with Crippen LogP contribution in [0.4, 0.5) is 0 Å². The topological polar surface area (TPSA) is 108 Å². The van der Waals surface area contributed by atoms with E-state index < -0.39 is 36.5 Å². The predicted octanol–water partition coefficient (Wildman–Crippen LogP) is 3.32. The number of ether oxygens (including phenoxy) is 4. The van der Waals surface area contributed by atoms with Crippen molar-refractivity contribution in [3.63, 3.8) is 0 Å². The van der Waals surface area contributed by atoms with E-state index in [2.05, 4.69) is 0 Å². The van der Waals surface area contributed by atoms with Crippen LogP contribution in [-0.2, 0) is 23.8 Å². The predicted molar refractivity (Wildman–Crippen MR) is 103 cm³/mol. The van der Waals surface area contributed by atoms with Crippen LogP contribution in [-0.4, -0.2) is 47.6 Å². The Labute approximate surface area is 170 Å². The van der Waals surface area contributed by atoms with Crippen molar-refractivity contribution >= 4 is 17.9 Å². The van der Waals surface area contributed by atoms with Crippen LogP contribution in [0.25, 0.3) is 0 Å². The van der Waals surface area contributed by atoms with Crippen molar-refractivity contribution in [3.8, 4) is 5.75 Å². The zero-order chi connectivity index (χ0) is 21.4. The van der Waals surface area contributed by atoms with E-state index in [9.17, 15) is 19.5 Å². The third kappa shape index (κ3) is 6.45. The highest BCUT2D eigenvalue weighted by molar-refractivity contribution is 5.90. The van der Waals surface area contributed by atoms with E-state index in [1.54, 1.807) is 19.1 Å². The average molecular weight is 408 g/mol. The van der Waals surface area contributed by atoms with E-state index in [0.717, 1.165) is 0 Å². The molecule has 1 saturated heterocycles. The standard InChI is InChI=1S/C21H28O8/c1-4-8-18(22)27-16-12-17(28-19(23)9-5-2)21(26-13(16)3)29-15-11-7-6-10-14(15)20(24)25/h6-7,10-11,13,16-17,21H,4-5,8-9,12H2,1-3H3,(H,24,25)/t13-,16?,17+,21?/m0/s1. The molecule has 4 atom stereocenters. The molecule has 2 rings (SSSR count). The molecule has 0 spiro atoms. The Hall–Kier alpha value is -2.61. The summed E-state index contributed by atoms with van der Waals surface area (Å²) in [5.74, 6) is -1.80. The molecule has 29 heavy (non-hydrogen) atoms. The summed E-state index contributed by atoms with van der Waals surface area (Å²) < 4.78 is 22.6. The molecule has 0 amide bonds. The van der Waals surface area contributed by atoms with Crippen LogP contribution >= 0.6 is 0 Å². The van der Waals surface area contributed by atoms with Gasteiger partial charge in [0.25, 0.3) is 0 Å². The van der Waals surface area contributed by atoms with Crippen molar-refractivity contribution in [2.45, 2.75) is 77.5 Å². The van der Waals surface area contributed by atoms with Crippen molar-refractivity contribution < 1.29 is 38.4 Å². The van der Waals surface area contributed by atoms with E-state index in [-0.39, 0.29) is 36.5 Å². The molecule has 1 heterocycles. The fourth-order valence-corrected chi connectivity index (χ4v) is 3.00. The van der Waals surface area contributed by atoms with Gasteiger partial charge in [0.05, 0.1) is 6.10 Å². The van der Waals surface area contributed by atoms with Gasteiger partial charge in [0.15, 0.2) is 6.10 Å². The van der Waals surface area contributed by atoms with Crippen LogP contribution in [0.3, 0.4) is 0 Å². The first-order valence-corrected chi connectivity index (χ1v) is 9.89. The molecular weight excluding hydrogens is 380 g/mol. The normalized spacial score (nSPS) is 23.8. The summed E-state index contributed by atoms with van der Waals surface area (Å²) in [6.45, 7) is 5.46. The Morgan fingerprint density at radius 3 is 2.21 bits per heavy atom. The van der Waals surface area contributed by atoms with Crippen molar-refractivity contribution in [1.82, 2.24) is 0 Å². The Morgan fingerprint density at radius 2 is 1.62 bits per heavy atom. The van der Waals surface area contributed by atoms with Gasteiger partial charge in [-0.1, -0.05) is 26.0 Å². The molecule has 160 valence electrons. The number of esters is 2. The first kappa shape index (κ1) is 22.7. The van der Waals surface area contributed by atoms with E-state index >= 15 is 0 Å². The van der Waals surface area contributed by atoms with E-state index in [4.69, 9.17) is 18.9 Å². The minimum Gasteiger partial charge on any atom is -0.478 e. The zero-order valence-electron chi connectivity index (χ0n) is 17.0. The van der Waals surface area contributed by atoms with Gasteiger partial charge in [-0.05, 0) is 31.9 Å². The molecule has 1 aliphatic rings. The number of carboxylic acids is 1. The number of carbonyl (C=O) groups excluding carboxylic acids is 2. The zero-order valence-corrected chi connectivity index (χ0v) is 17.0. The van der Waals surface area contributed by atoms with Crippen molar-refractivity contribution in [2.75, 3.05) is 0 Å². The highest BCUT2D eigenvalue weighted by Gasteiger charge is 2.42. The summed E-state index contributed by atoms with van der Waals surface area (Å²) in [4.78, 5) is 35.4. The number of carbonyl (C=O) groups is 3. The molecule has 1 aliphatic heterocycles. The summed E-state index contributed by atoms with van der Waals surface area (Å²) in [6, 6.07) is 6.15. The van der Waals surface area contributed by atoms with Gasteiger partial charge in [0.1, 0.15) is 17.4 Å². The van der Waals surface area contributed by atoms with Crippen LogP contribution in [0.15, 0.2) is 24.3 Å². The molecule has 0 saturated carbocycles. The van der Waals surface area contributed by atoms with Gasteiger partial charge in [-0.15, -0.1) is 0 Å². The summed E-state index contributed by atoms with van der Waals surface area (Å²) in [7, 11) is 0. The molecular formula is C21H28O8. The van der Waals surface area contributed by atoms with Gasteiger partial charge >= 0.3 is 17.9 Å². The summed E-state index contributed by atoms with van der Waals surface area (Å²) in [5, 5.41) is 9.36. The maximum Gasteiger partial charge on any atom is 0.339 e. The number of benzene rings is 1. The highest BCUT2D eigenvalue weighted by atomic mass is 16.7. The number of carboxylic acid groups (broad SMARTS) is 1. The summed E-state index contributed by atoms with van der Waals surface area (Å²) in [6.07, 6.45) is -0.981. The monoisotopic (exact) mass is 408 g/mol. The smallest absolute Gasteiger partial charge is 0.339 e. The van der Waals surface area contributed by atoms with E-state index in [1.165, 1.54) is 12.1 Å². The lowest BCUT2D eigenvalue weighted by Gasteiger charge is -2.39. The van der Waals surface area contributed by atoms with Crippen LogP contribution in [0.2, 0.25) is 0 Å². The van der Waals surface area contributed by atoms with Gasteiger partial charge in [-0.3, -0.25) is 9.59 Å². The van der Waals surface area contributed by atoms with Crippen LogP contribution in [0.5, 0.6) is 5.75 Å². The quantitative estimate of drug-likeness (QED) is 0.620. The van der Waals surface area contributed by atoms with E-state index in [0.29, 0.717) is 12.8 Å². The van der Waals surface area contributed by atoms with Crippen LogP contribution in [0, 0.1) is 0 Å². The van der Waals surface area contributed by atoms with Gasteiger partial charge in [0.2, 0.25) is 6.29 Å². The number of rotatable bonds is 9. The Morgan fingerprint density at radius 1 is 1.03 bits per heavy atom. The van der Waals surface area contributed by atoms with Crippen molar-refractivity contribution in [3.05, 3.63) is 29.8 Å². The molecule has 1 aromatic rings. The molecule has 2 unspecified atom stereocenters. The number of hydrogen-bond donors (Lipinski definition) is 1. The Balaban J connectivity index is 2.19. The lowest BCUT2D eigenvalue weighted by Crippen LogP contribution is -2.51. The highest BCUT2D eigenvalue weighted by Crippen LogP contribution is 2.29. The lowest BCUT2D eigenvalue weighted by molar-refractivity contribution is -0.243. The Kier molecular flexibility index (Phi) is 8.45.